The lowest BCUT2D eigenvalue weighted by Crippen LogP contribution is -2.41. The van der Waals surface area contributed by atoms with E-state index in [9.17, 15) is 0 Å². The van der Waals surface area contributed by atoms with Crippen LogP contribution in [0.1, 0.15) is 52.4 Å². The van der Waals surface area contributed by atoms with Crippen LogP contribution >= 0.6 is 0 Å². The molecule has 0 bridgehead atoms. The van der Waals surface area contributed by atoms with Gasteiger partial charge in [0.25, 0.3) is 0 Å². The maximum atomic E-state index is 3.67. The Bertz CT molecular complexity index is 199. The maximum absolute atomic E-state index is 3.67. The largest absolute Gasteiger partial charge is 0.314 e. The van der Waals surface area contributed by atoms with Gasteiger partial charge in [-0.2, -0.15) is 0 Å². The van der Waals surface area contributed by atoms with E-state index >= 15 is 0 Å². The van der Waals surface area contributed by atoms with Gasteiger partial charge in [-0.15, -0.1) is 0 Å². The zero-order valence-electron chi connectivity index (χ0n) is 11.0. The van der Waals surface area contributed by atoms with E-state index in [1.54, 1.807) is 0 Å². The van der Waals surface area contributed by atoms with Gasteiger partial charge < -0.3 is 10.2 Å². The van der Waals surface area contributed by atoms with E-state index in [1.807, 2.05) is 0 Å². The molecule has 0 saturated carbocycles. The summed E-state index contributed by atoms with van der Waals surface area (Å²) in [4.78, 5) is 2.71. The van der Waals surface area contributed by atoms with Gasteiger partial charge in [0.1, 0.15) is 0 Å². The topological polar surface area (TPSA) is 15.3 Å². The minimum atomic E-state index is 0.784. The molecular formula is C14H28N2. The summed E-state index contributed by atoms with van der Waals surface area (Å²) in [6.45, 7) is 8.70. The quantitative estimate of drug-likeness (QED) is 0.790. The van der Waals surface area contributed by atoms with Crippen molar-refractivity contribution in [2.45, 2.75) is 64.5 Å². The normalized spacial score (nSPS) is 34.1. The predicted molar refractivity (Wildman–Crippen MR) is 69.7 cm³/mol. The smallest absolute Gasteiger partial charge is 0.00818 e. The van der Waals surface area contributed by atoms with Crippen molar-refractivity contribution in [2.24, 2.45) is 5.92 Å². The van der Waals surface area contributed by atoms with Crippen LogP contribution in [0.5, 0.6) is 0 Å². The van der Waals surface area contributed by atoms with Crippen molar-refractivity contribution < 1.29 is 0 Å². The Morgan fingerprint density at radius 2 is 2.19 bits per heavy atom. The maximum Gasteiger partial charge on any atom is 0.00818 e. The fourth-order valence-electron chi connectivity index (χ4n) is 3.28. The van der Waals surface area contributed by atoms with Crippen molar-refractivity contribution in [3.63, 3.8) is 0 Å². The van der Waals surface area contributed by atoms with E-state index in [0.29, 0.717) is 0 Å². The van der Waals surface area contributed by atoms with E-state index in [-0.39, 0.29) is 0 Å². The fourth-order valence-corrected chi connectivity index (χ4v) is 3.28. The van der Waals surface area contributed by atoms with E-state index < -0.39 is 0 Å². The monoisotopic (exact) mass is 224 g/mol. The van der Waals surface area contributed by atoms with Crippen LogP contribution in [0.25, 0.3) is 0 Å². The standard InChI is InChI=1S/C14H28N2/c1-3-13-7-9-16(11-13)12(2)10-14-6-4-5-8-15-14/h12-15H,3-11H2,1-2H3. The molecule has 0 aromatic rings. The molecule has 0 amide bonds. The molecule has 0 spiro atoms. The third kappa shape index (κ3) is 3.21. The Kier molecular flexibility index (Phi) is 4.66. The van der Waals surface area contributed by atoms with Gasteiger partial charge in [-0.1, -0.05) is 19.8 Å². The number of likely N-dealkylation sites (tertiary alicyclic amines) is 1. The second kappa shape index (κ2) is 6.02. The Morgan fingerprint density at radius 3 is 2.81 bits per heavy atom. The van der Waals surface area contributed by atoms with Crippen LogP contribution in [0, 0.1) is 5.92 Å². The summed E-state index contributed by atoms with van der Waals surface area (Å²) in [5.41, 5.74) is 0. The average Bonchev–Trinajstić information content (AvgIpc) is 2.79. The van der Waals surface area contributed by atoms with Gasteiger partial charge >= 0.3 is 0 Å². The Morgan fingerprint density at radius 1 is 1.31 bits per heavy atom. The number of hydrogen-bond acceptors (Lipinski definition) is 2. The lowest BCUT2D eigenvalue weighted by molar-refractivity contribution is 0.209. The summed E-state index contributed by atoms with van der Waals surface area (Å²) in [5.74, 6) is 0.974. The molecule has 0 aromatic heterocycles. The van der Waals surface area contributed by atoms with Crippen LogP contribution in [0.4, 0.5) is 0 Å². The highest BCUT2D eigenvalue weighted by Gasteiger charge is 2.26. The number of piperidine rings is 1. The molecule has 94 valence electrons. The Balaban J connectivity index is 1.72. The number of hydrogen-bond donors (Lipinski definition) is 1. The molecular weight excluding hydrogens is 196 g/mol. The highest BCUT2D eigenvalue weighted by molar-refractivity contribution is 4.83. The second-order valence-corrected chi connectivity index (χ2v) is 5.79. The van der Waals surface area contributed by atoms with Crippen LogP contribution < -0.4 is 5.32 Å². The number of nitrogens with zero attached hydrogens (tertiary/aromatic N) is 1. The average molecular weight is 224 g/mol. The van der Waals surface area contributed by atoms with Gasteiger partial charge in [0, 0.05) is 18.6 Å². The molecule has 0 radical (unpaired) electrons. The molecule has 2 aliphatic heterocycles. The van der Waals surface area contributed by atoms with Crippen LogP contribution in [0.3, 0.4) is 0 Å². The first-order valence-electron chi connectivity index (χ1n) is 7.27. The van der Waals surface area contributed by atoms with Crippen molar-refractivity contribution in [3.8, 4) is 0 Å². The minimum absolute atomic E-state index is 0.784. The SMILES string of the molecule is CCC1CCN(C(C)CC2CCCCN2)C1. The summed E-state index contributed by atoms with van der Waals surface area (Å²) in [7, 11) is 0. The van der Waals surface area contributed by atoms with Gasteiger partial charge in [-0.05, 0) is 51.6 Å². The summed E-state index contributed by atoms with van der Waals surface area (Å²) in [6.07, 6.45) is 8.37. The molecule has 16 heavy (non-hydrogen) atoms. The minimum Gasteiger partial charge on any atom is -0.314 e. The number of rotatable bonds is 4. The molecule has 2 aliphatic rings. The van der Waals surface area contributed by atoms with E-state index in [4.69, 9.17) is 0 Å². The Hall–Kier alpha value is -0.0800. The zero-order chi connectivity index (χ0) is 11.4. The molecule has 3 atom stereocenters. The van der Waals surface area contributed by atoms with Gasteiger partial charge in [-0.3, -0.25) is 0 Å². The van der Waals surface area contributed by atoms with E-state index in [0.717, 1.165) is 18.0 Å². The lowest BCUT2D eigenvalue weighted by Gasteiger charge is -2.31. The first-order chi connectivity index (χ1) is 7.79. The predicted octanol–water partition coefficient (Wildman–Crippen LogP) is 2.64. The molecule has 2 saturated heterocycles. The molecule has 0 aromatic carbocycles. The van der Waals surface area contributed by atoms with Gasteiger partial charge in [-0.25, -0.2) is 0 Å². The molecule has 0 aliphatic carbocycles. The fraction of sp³-hybridized carbons (Fsp3) is 1.00. The van der Waals surface area contributed by atoms with Crippen LogP contribution in [0.15, 0.2) is 0 Å². The van der Waals surface area contributed by atoms with Crippen molar-refractivity contribution in [3.05, 3.63) is 0 Å². The highest BCUT2D eigenvalue weighted by atomic mass is 15.2. The summed E-state index contributed by atoms with van der Waals surface area (Å²) in [6, 6.07) is 1.58. The molecule has 2 rings (SSSR count). The van der Waals surface area contributed by atoms with Crippen LogP contribution in [0.2, 0.25) is 0 Å². The van der Waals surface area contributed by atoms with Gasteiger partial charge in [0.2, 0.25) is 0 Å². The number of nitrogens with one attached hydrogen (secondary N) is 1. The third-order valence-corrected chi connectivity index (χ3v) is 4.56. The molecule has 2 heterocycles. The third-order valence-electron chi connectivity index (χ3n) is 4.56. The molecule has 1 N–H and O–H groups in total. The van der Waals surface area contributed by atoms with Crippen molar-refractivity contribution in [1.82, 2.24) is 10.2 Å². The molecule has 2 fully saturated rings. The van der Waals surface area contributed by atoms with E-state index in [2.05, 4.69) is 24.1 Å². The van der Waals surface area contributed by atoms with Crippen molar-refractivity contribution >= 4 is 0 Å². The van der Waals surface area contributed by atoms with Crippen LogP contribution in [-0.4, -0.2) is 36.6 Å². The molecule has 3 unspecified atom stereocenters. The first-order valence-corrected chi connectivity index (χ1v) is 7.27. The first kappa shape index (κ1) is 12.4. The summed E-state index contributed by atoms with van der Waals surface area (Å²) >= 11 is 0. The Labute approximate surface area is 101 Å². The molecule has 2 nitrogen and oxygen atoms in total. The van der Waals surface area contributed by atoms with Crippen molar-refractivity contribution in [2.75, 3.05) is 19.6 Å². The highest BCUT2D eigenvalue weighted by Crippen LogP contribution is 2.23. The van der Waals surface area contributed by atoms with E-state index in [1.165, 1.54) is 58.2 Å². The van der Waals surface area contributed by atoms with Gasteiger partial charge in [0.15, 0.2) is 0 Å². The molecule has 2 heteroatoms. The summed E-state index contributed by atoms with van der Waals surface area (Å²) < 4.78 is 0. The second-order valence-electron chi connectivity index (χ2n) is 5.79. The lowest BCUT2D eigenvalue weighted by atomic mass is 9.98. The summed E-state index contributed by atoms with van der Waals surface area (Å²) in [5, 5.41) is 3.67. The van der Waals surface area contributed by atoms with Crippen molar-refractivity contribution in [1.29, 1.82) is 0 Å². The zero-order valence-corrected chi connectivity index (χ0v) is 11.0. The van der Waals surface area contributed by atoms with Crippen LogP contribution in [-0.2, 0) is 0 Å². The van der Waals surface area contributed by atoms with Gasteiger partial charge in [0.05, 0.1) is 0 Å².